The number of Topliss-reactive ketones (excluding diaryl/α,β-unsaturated/α-hetero) is 1. The van der Waals surface area contributed by atoms with Gasteiger partial charge in [0.15, 0.2) is 5.78 Å². The van der Waals surface area contributed by atoms with Crippen molar-refractivity contribution in [3.8, 4) is 0 Å². The number of carbonyl (C=O) groups is 1. The lowest BCUT2D eigenvalue weighted by Crippen LogP contribution is -1.96. The summed E-state index contributed by atoms with van der Waals surface area (Å²) >= 11 is 0. The molecule has 0 aliphatic rings. The first-order valence-corrected chi connectivity index (χ1v) is 7.05. The molecule has 0 atom stereocenters. The number of para-hydroxylation sites is 2. The third-order valence-corrected chi connectivity index (χ3v) is 2.92. The number of aromatic nitrogens is 2. The van der Waals surface area contributed by atoms with Crippen molar-refractivity contribution in [2.24, 2.45) is 0 Å². The van der Waals surface area contributed by atoms with Gasteiger partial charge in [-0.3, -0.25) is 4.79 Å². The normalized spacial score (nSPS) is 9.86. The second kappa shape index (κ2) is 6.70. The molecule has 108 valence electrons. The van der Waals surface area contributed by atoms with Gasteiger partial charge >= 0.3 is 0 Å². The van der Waals surface area contributed by atoms with Crippen LogP contribution < -0.4 is 5.32 Å². The van der Waals surface area contributed by atoms with Crippen molar-refractivity contribution in [3.63, 3.8) is 0 Å². The van der Waals surface area contributed by atoms with Crippen molar-refractivity contribution in [3.05, 3.63) is 54.1 Å². The molecule has 21 heavy (non-hydrogen) atoms. The van der Waals surface area contributed by atoms with Gasteiger partial charge in [-0.1, -0.05) is 38.1 Å². The summed E-state index contributed by atoms with van der Waals surface area (Å²) in [6.07, 6.45) is 0. The molecule has 3 rings (SSSR count). The number of imidazole rings is 1. The predicted octanol–water partition coefficient (Wildman–Crippen LogP) is 4.54. The van der Waals surface area contributed by atoms with Gasteiger partial charge in [-0.2, -0.15) is 0 Å². The van der Waals surface area contributed by atoms with E-state index < -0.39 is 0 Å². The van der Waals surface area contributed by atoms with E-state index >= 15 is 0 Å². The quantitative estimate of drug-likeness (QED) is 0.693. The molecular weight excluding hydrogens is 262 g/mol. The number of H-pyrrole nitrogens is 1. The Kier molecular flexibility index (Phi) is 4.72. The number of fused-ring (bicyclic) bond motifs is 1. The lowest BCUT2D eigenvalue weighted by atomic mass is 10.1. The predicted molar refractivity (Wildman–Crippen MR) is 87.2 cm³/mol. The van der Waals surface area contributed by atoms with Crippen LogP contribution in [0.4, 0.5) is 11.6 Å². The minimum Gasteiger partial charge on any atom is -0.326 e. The Hall–Kier alpha value is -2.62. The van der Waals surface area contributed by atoms with Crippen molar-refractivity contribution in [1.82, 2.24) is 9.97 Å². The van der Waals surface area contributed by atoms with Crippen molar-refractivity contribution < 1.29 is 4.79 Å². The van der Waals surface area contributed by atoms with Crippen molar-refractivity contribution in [2.75, 3.05) is 5.32 Å². The van der Waals surface area contributed by atoms with Crippen LogP contribution in [0.5, 0.6) is 0 Å². The fraction of sp³-hybridized carbons (Fsp3) is 0.176. The van der Waals surface area contributed by atoms with Crippen LogP contribution in [0.3, 0.4) is 0 Å². The van der Waals surface area contributed by atoms with E-state index in [1.54, 1.807) is 13.0 Å². The smallest absolute Gasteiger partial charge is 0.205 e. The van der Waals surface area contributed by atoms with E-state index in [0.717, 1.165) is 16.7 Å². The topological polar surface area (TPSA) is 57.8 Å². The van der Waals surface area contributed by atoms with E-state index in [4.69, 9.17) is 0 Å². The van der Waals surface area contributed by atoms with E-state index in [2.05, 4.69) is 15.3 Å². The maximum absolute atomic E-state index is 11.3. The average molecular weight is 281 g/mol. The molecule has 2 N–H and O–H groups in total. The molecule has 1 heterocycles. The van der Waals surface area contributed by atoms with Crippen LogP contribution in [0.1, 0.15) is 31.1 Å². The van der Waals surface area contributed by atoms with Gasteiger partial charge in [0.05, 0.1) is 11.0 Å². The Labute approximate surface area is 124 Å². The average Bonchev–Trinajstić information content (AvgIpc) is 2.91. The first-order valence-electron chi connectivity index (χ1n) is 7.05. The largest absolute Gasteiger partial charge is 0.326 e. The van der Waals surface area contributed by atoms with Gasteiger partial charge in [0.1, 0.15) is 0 Å². The molecule has 1 aromatic heterocycles. The second-order valence-corrected chi connectivity index (χ2v) is 4.36. The summed E-state index contributed by atoms with van der Waals surface area (Å²) in [7, 11) is 0. The zero-order valence-electron chi connectivity index (χ0n) is 12.5. The molecule has 0 bridgehead atoms. The van der Waals surface area contributed by atoms with Crippen molar-refractivity contribution in [1.29, 1.82) is 0 Å². The molecule has 4 heteroatoms. The number of nitrogens with zero attached hydrogens (tertiary/aromatic N) is 1. The molecule has 0 saturated carbocycles. The Bertz CT molecular complexity index is 713. The third kappa shape index (κ3) is 3.48. The second-order valence-electron chi connectivity index (χ2n) is 4.36. The molecule has 0 spiro atoms. The standard InChI is InChI=1S/C15H13N3O.C2H6/c1-10(19)11-5-4-6-12(9-11)16-15-17-13-7-2-3-8-14(13)18-15;1-2/h2-9H,1H3,(H2,16,17,18);1-2H3. The summed E-state index contributed by atoms with van der Waals surface area (Å²) < 4.78 is 0. The Morgan fingerprint density at radius 1 is 1.10 bits per heavy atom. The van der Waals surface area contributed by atoms with Crippen LogP contribution in [0.25, 0.3) is 11.0 Å². The maximum atomic E-state index is 11.3. The Balaban J connectivity index is 0.000000774. The highest BCUT2D eigenvalue weighted by Gasteiger charge is 2.04. The molecule has 0 radical (unpaired) electrons. The molecule has 0 saturated heterocycles. The van der Waals surface area contributed by atoms with Gasteiger partial charge in [-0.15, -0.1) is 0 Å². The van der Waals surface area contributed by atoms with Crippen molar-refractivity contribution in [2.45, 2.75) is 20.8 Å². The summed E-state index contributed by atoms with van der Waals surface area (Å²) in [6.45, 7) is 5.56. The molecule has 0 aliphatic heterocycles. The highest BCUT2D eigenvalue weighted by molar-refractivity contribution is 5.95. The van der Waals surface area contributed by atoms with Gasteiger partial charge in [-0.25, -0.2) is 4.98 Å². The molecule has 3 aromatic rings. The zero-order chi connectivity index (χ0) is 15.2. The molecule has 0 fully saturated rings. The van der Waals surface area contributed by atoms with Gasteiger partial charge < -0.3 is 10.3 Å². The van der Waals surface area contributed by atoms with Crippen LogP contribution in [0.2, 0.25) is 0 Å². The van der Waals surface area contributed by atoms with Gasteiger partial charge in [0.25, 0.3) is 0 Å². The van der Waals surface area contributed by atoms with Crippen LogP contribution >= 0.6 is 0 Å². The minimum atomic E-state index is 0.0493. The number of hydrogen-bond acceptors (Lipinski definition) is 3. The van der Waals surface area contributed by atoms with Gasteiger partial charge in [0, 0.05) is 11.3 Å². The summed E-state index contributed by atoms with van der Waals surface area (Å²) in [5.74, 6) is 0.718. The zero-order valence-corrected chi connectivity index (χ0v) is 12.5. The fourth-order valence-electron chi connectivity index (χ4n) is 1.96. The molecule has 0 aliphatic carbocycles. The molecule has 0 unspecified atom stereocenters. The molecule has 4 nitrogen and oxygen atoms in total. The summed E-state index contributed by atoms with van der Waals surface area (Å²) in [6, 6.07) is 15.2. The SMILES string of the molecule is CC.CC(=O)c1cccc(Nc2nc3ccccc3[nH]2)c1. The number of anilines is 2. The highest BCUT2D eigenvalue weighted by Crippen LogP contribution is 2.19. The van der Waals surface area contributed by atoms with E-state index in [0.29, 0.717) is 11.5 Å². The monoisotopic (exact) mass is 281 g/mol. The van der Waals surface area contributed by atoms with Crippen LogP contribution in [-0.2, 0) is 0 Å². The van der Waals surface area contributed by atoms with E-state index in [-0.39, 0.29) is 5.78 Å². The lowest BCUT2D eigenvalue weighted by Gasteiger charge is -2.03. The van der Waals surface area contributed by atoms with Crippen molar-refractivity contribution >= 4 is 28.5 Å². The van der Waals surface area contributed by atoms with E-state index in [1.807, 2.05) is 56.3 Å². The number of carbonyl (C=O) groups excluding carboxylic acids is 1. The van der Waals surface area contributed by atoms with Crippen LogP contribution in [-0.4, -0.2) is 15.8 Å². The van der Waals surface area contributed by atoms with Gasteiger partial charge in [-0.05, 0) is 31.2 Å². The number of rotatable bonds is 3. The Morgan fingerprint density at radius 2 is 1.86 bits per heavy atom. The Morgan fingerprint density at radius 3 is 2.57 bits per heavy atom. The molecule has 0 amide bonds. The van der Waals surface area contributed by atoms with Gasteiger partial charge in [0.2, 0.25) is 5.95 Å². The summed E-state index contributed by atoms with van der Waals surface area (Å²) in [5, 5.41) is 3.17. The lowest BCUT2D eigenvalue weighted by molar-refractivity contribution is 0.101. The minimum absolute atomic E-state index is 0.0493. The van der Waals surface area contributed by atoms with E-state index in [9.17, 15) is 4.79 Å². The van der Waals surface area contributed by atoms with Crippen LogP contribution in [0.15, 0.2) is 48.5 Å². The number of nitrogens with one attached hydrogen (secondary N) is 2. The maximum Gasteiger partial charge on any atom is 0.205 e. The molecule has 2 aromatic carbocycles. The first kappa shape index (κ1) is 14.8. The fourth-order valence-corrected chi connectivity index (χ4v) is 1.96. The molecular formula is C17H19N3O. The number of aromatic amines is 1. The third-order valence-electron chi connectivity index (χ3n) is 2.92. The summed E-state index contributed by atoms with van der Waals surface area (Å²) in [4.78, 5) is 19.0. The number of ketones is 1. The van der Waals surface area contributed by atoms with E-state index in [1.165, 1.54) is 0 Å². The summed E-state index contributed by atoms with van der Waals surface area (Å²) in [5.41, 5.74) is 3.41. The number of hydrogen-bond donors (Lipinski definition) is 2. The first-order chi connectivity index (χ1) is 10.2. The van der Waals surface area contributed by atoms with Crippen LogP contribution in [0, 0.1) is 0 Å². The number of benzene rings is 2. The highest BCUT2D eigenvalue weighted by atomic mass is 16.1.